The molecule has 0 radical (unpaired) electrons. The van der Waals surface area contributed by atoms with E-state index in [0.29, 0.717) is 29.8 Å². The van der Waals surface area contributed by atoms with Gasteiger partial charge in [0.1, 0.15) is 0 Å². The van der Waals surface area contributed by atoms with Crippen LogP contribution >= 0.6 is 11.8 Å². The van der Waals surface area contributed by atoms with Crippen LogP contribution in [0.2, 0.25) is 0 Å². The van der Waals surface area contributed by atoms with Crippen molar-refractivity contribution in [2.45, 2.75) is 12.7 Å². The van der Waals surface area contributed by atoms with Crippen molar-refractivity contribution in [3.05, 3.63) is 66.6 Å². The highest BCUT2D eigenvalue weighted by molar-refractivity contribution is 7.99. The molecule has 0 N–H and O–H groups in total. The number of hydrogen-bond donors (Lipinski definition) is 0. The molecule has 0 unspecified atom stereocenters. The fourth-order valence-electron chi connectivity index (χ4n) is 2.43. The van der Waals surface area contributed by atoms with Gasteiger partial charge in [-0.1, -0.05) is 53.7 Å². The average molecular weight is 353 g/mol. The number of carbonyl (C=O) groups is 1. The predicted molar refractivity (Wildman–Crippen MR) is 100 cm³/mol. The van der Waals surface area contributed by atoms with Gasteiger partial charge in [-0.05, 0) is 19.1 Å². The van der Waals surface area contributed by atoms with Gasteiger partial charge in [-0.15, -0.1) is 11.8 Å². The van der Waals surface area contributed by atoms with E-state index in [1.807, 2.05) is 67.6 Å². The number of amides is 1. The topological polar surface area (TPSA) is 59.2 Å². The molecule has 0 atom stereocenters. The fraction of sp³-hybridized carbons (Fsp3) is 0.211. The minimum atomic E-state index is 0.0708. The van der Waals surface area contributed by atoms with Crippen molar-refractivity contribution in [1.29, 1.82) is 0 Å². The van der Waals surface area contributed by atoms with Crippen LogP contribution in [-0.4, -0.2) is 28.3 Å². The molecule has 0 aliphatic carbocycles. The highest BCUT2D eigenvalue weighted by Gasteiger charge is 2.15. The second-order valence-corrected chi connectivity index (χ2v) is 6.33. The number of carbonyl (C=O) groups excluding carboxylic acids is 1. The molecule has 128 valence electrons. The zero-order chi connectivity index (χ0) is 17.5. The van der Waals surface area contributed by atoms with Crippen LogP contribution < -0.4 is 4.90 Å². The Balaban J connectivity index is 1.54. The molecule has 2 aromatic carbocycles. The van der Waals surface area contributed by atoms with E-state index >= 15 is 0 Å². The Morgan fingerprint density at radius 1 is 1.08 bits per heavy atom. The van der Waals surface area contributed by atoms with Crippen LogP contribution in [0.3, 0.4) is 0 Å². The molecule has 0 aliphatic heterocycles. The molecule has 0 aliphatic rings. The van der Waals surface area contributed by atoms with E-state index in [9.17, 15) is 4.79 Å². The lowest BCUT2D eigenvalue weighted by atomic mass is 10.2. The van der Waals surface area contributed by atoms with Crippen LogP contribution in [0, 0.1) is 0 Å². The normalized spacial score (nSPS) is 10.6. The zero-order valence-electron chi connectivity index (χ0n) is 14.0. The van der Waals surface area contributed by atoms with Crippen molar-refractivity contribution < 1.29 is 9.32 Å². The summed E-state index contributed by atoms with van der Waals surface area (Å²) in [6.07, 6.45) is 0. The van der Waals surface area contributed by atoms with Crippen molar-refractivity contribution in [3.63, 3.8) is 0 Å². The van der Waals surface area contributed by atoms with E-state index in [4.69, 9.17) is 4.52 Å². The highest BCUT2D eigenvalue weighted by Crippen LogP contribution is 2.19. The number of hydrogen-bond acceptors (Lipinski definition) is 5. The van der Waals surface area contributed by atoms with Gasteiger partial charge < -0.3 is 9.42 Å². The zero-order valence-corrected chi connectivity index (χ0v) is 14.8. The van der Waals surface area contributed by atoms with Crippen molar-refractivity contribution in [2.75, 3.05) is 17.2 Å². The van der Waals surface area contributed by atoms with Gasteiger partial charge in [0.15, 0.2) is 0 Å². The third-order valence-corrected chi connectivity index (χ3v) is 4.54. The van der Waals surface area contributed by atoms with Gasteiger partial charge in [-0.3, -0.25) is 4.79 Å². The Labute approximate surface area is 151 Å². The second kappa shape index (κ2) is 8.48. The summed E-state index contributed by atoms with van der Waals surface area (Å²) in [7, 11) is 0. The third kappa shape index (κ3) is 4.48. The molecule has 1 heterocycles. The molecule has 6 heteroatoms. The summed E-state index contributed by atoms with van der Waals surface area (Å²) >= 11 is 1.47. The largest absolute Gasteiger partial charge is 0.338 e. The molecule has 0 fully saturated rings. The Morgan fingerprint density at radius 2 is 1.76 bits per heavy atom. The standard InChI is InChI=1S/C19H19N3O2S/c1-2-22(16-11-7-4-8-12-16)18(23)14-25-13-17-20-19(21-24-17)15-9-5-3-6-10-15/h3-12H,2,13-14H2,1H3. The first-order valence-corrected chi connectivity index (χ1v) is 9.24. The fourth-order valence-corrected chi connectivity index (χ4v) is 3.16. The summed E-state index contributed by atoms with van der Waals surface area (Å²) < 4.78 is 5.27. The van der Waals surface area contributed by atoms with E-state index in [1.165, 1.54) is 11.8 Å². The van der Waals surface area contributed by atoms with E-state index < -0.39 is 0 Å². The molecule has 0 bridgehead atoms. The number of anilines is 1. The highest BCUT2D eigenvalue weighted by atomic mass is 32.2. The molecular formula is C19H19N3O2S. The lowest BCUT2D eigenvalue weighted by Gasteiger charge is -2.20. The molecule has 0 spiro atoms. The van der Waals surface area contributed by atoms with Crippen LogP contribution in [-0.2, 0) is 10.5 Å². The van der Waals surface area contributed by atoms with Crippen molar-refractivity contribution in [1.82, 2.24) is 10.1 Å². The molecule has 1 aromatic heterocycles. The molecule has 3 rings (SSSR count). The van der Waals surface area contributed by atoms with Crippen LogP contribution in [0.4, 0.5) is 5.69 Å². The van der Waals surface area contributed by atoms with Gasteiger partial charge in [0, 0.05) is 17.8 Å². The lowest BCUT2D eigenvalue weighted by Crippen LogP contribution is -2.32. The van der Waals surface area contributed by atoms with Crippen molar-refractivity contribution in [2.24, 2.45) is 0 Å². The molecule has 1 amide bonds. The van der Waals surface area contributed by atoms with Crippen LogP contribution in [0.5, 0.6) is 0 Å². The van der Waals surface area contributed by atoms with E-state index in [0.717, 1.165) is 11.3 Å². The molecule has 25 heavy (non-hydrogen) atoms. The average Bonchev–Trinajstić information content (AvgIpc) is 3.13. The summed E-state index contributed by atoms with van der Waals surface area (Å²) in [6.45, 7) is 2.61. The number of para-hydroxylation sites is 1. The quantitative estimate of drug-likeness (QED) is 0.642. The first-order chi connectivity index (χ1) is 12.3. The SMILES string of the molecule is CCN(C(=O)CSCc1nc(-c2ccccc2)no1)c1ccccc1. The molecule has 0 saturated carbocycles. The number of aromatic nitrogens is 2. The Kier molecular flexibility index (Phi) is 5.85. The van der Waals surface area contributed by atoms with Gasteiger partial charge in [-0.25, -0.2) is 0 Å². The number of rotatable bonds is 7. The first kappa shape index (κ1) is 17.2. The summed E-state index contributed by atoms with van der Waals surface area (Å²) in [5.41, 5.74) is 1.83. The van der Waals surface area contributed by atoms with Crippen molar-refractivity contribution >= 4 is 23.4 Å². The maximum Gasteiger partial charge on any atom is 0.236 e. The van der Waals surface area contributed by atoms with Gasteiger partial charge in [0.25, 0.3) is 0 Å². The van der Waals surface area contributed by atoms with Gasteiger partial charge >= 0.3 is 0 Å². The van der Waals surface area contributed by atoms with E-state index in [-0.39, 0.29) is 5.91 Å². The summed E-state index contributed by atoms with van der Waals surface area (Å²) in [4.78, 5) is 18.6. The van der Waals surface area contributed by atoms with Crippen LogP contribution in [0.1, 0.15) is 12.8 Å². The Hall–Kier alpha value is -2.60. The summed E-state index contributed by atoms with van der Waals surface area (Å²) in [6, 6.07) is 19.4. The monoisotopic (exact) mass is 353 g/mol. The van der Waals surface area contributed by atoms with Crippen LogP contribution in [0.25, 0.3) is 11.4 Å². The predicted octanol–water partition coefficient (Wildman–Crippen LogP) is 4.02. The van der Waals surface area contributed by atoms with E-state index in [2.05, 4.69) is 10.1 Å². The number of thioether (sulfide) groups is 1. The van der Waals surface area contributed by atoms with E-state index in [1.54, 1.807) is 4.90 Å². The summed E-state index contributed by atoms with van der Waals surface area (Å²) in [5.74, 6) is 2.05. The smallest absolute Gasteiger partial charge is 0.236 e. The third-order valence-electron chi connectivity index (χ3n) is 3.64. The maximum absolute atomic E-state index is 12.4. The minimum absolute atomic E-state index is 0.0708. The van der Waals surface area contributed by atoms with Gasteiger partial charge in [-0.2, -0.15) is 4.98 Å². The molecule has 0 saturated heterocycles. The maximum atomic E-state index is 12.4. The van der Waals surface area contributed by atoms with Crippen molar-refractivity contribution in [3.8, 4) is 11.4 Å². The number of nitrogens with zero attached hydrogens (tertiary/aromatic N) is 3. The Morgan fingerprint density at radius 3 is 2.44 bits per heavy atom. The summed E-state index contributed by atoms with van der Waals surface area (Å²) in [5, 5.41) is 3.99. The molecular weight excluding hydrogens is 334 g/mol. The first-order valence-electron chi connectivity index (χ1n) is 8.09. The van der Waals surface area contributed by atoms with Gasteiger partial charge in [0.2, 0.25) is 17.6 Å². The molecule has 3 aromatic rings. The Bertz CT molecular complexity index is 806. The van der Waals surface area contributed by atoms with Crippen LogP contribution in [0.15, 0.2) is 65.2 Å². The lowest BCUT2D eigenvalue weighted by molar-refractivity contribution is -0.116. The number of benzene rings is 2. The minimum Gasteiger partial charge on any atom is -0.338 e. The molecule has 5 nitrogen and oxygen atoms in total. The van der Waals surface area contributed by atoms with Gasteiger partial charge in [0.05, 0.1) is 11.5 Å². The second-order valence-electron chi connectivity index (χ2n) is 5.34.